The first-order chi connectivity index (χ1) is 14.4. The topological polar surface area (TPSA) is 45.4 Å². The number of para-hydroxylation sites is 1. The second-order valence-corrected chi connectivity index (χ2v) is 6.61. The Hall–Kier alpha value is -3.59. The maximum Gasteiger partial charge on any atom is 0.416 e. The van der Waals surface area contributed by atoms with E-state index in [0.29, 0.717) is 17.7 Å². The Labute approximate surface area is 173 Å². The molecule has 3 nitrogen and oxygen atoms in total. The smallest absolute Gasteiger partial charge is 0.416 e. The van der Waals surface area contributed by atoms with Crippen molar-refractivity contribution in [2.75, 3.05) is 7.11 Å². The molecule has 0 aliphatic rings. The van der Waals surface area contributed by atoms with Gasteiger partial charge in [-0.3, -0.25) is 4.99 Å². The van der Waals surface area contributed by atoms with Crippen LogP contribution in [0.3, 0.4) is 0 Å². The van der Waals surface area contributed by atoms with Crippen LogP contribution in [0.2, 0.25) is 0 Å². The summed E-state index contributed by atoms with van der Waals surface area (Å²) in [5.41, 5.74) is 1.44. The maximum absolute atomic E-state index is 12.9. The van der Waals surface area contributed by atoms with Gasteiger partial charge in [0, 0.05) is 11.1 Å². The first-order valence-electron chi connectivity index (χ1n) is 9.24. The molecule has 0 aliphatic heterocycles. The summed E-state index contributed by atoms with van der Waals surface area (Å²) in [6.45, 7) is 0. The number of hydrogen-bond acceptors (Lipinski definition) is 3. The number of halogens is 3. The molecule has 0 bridgehead atoms. The van der Waals surface area contributed by atoms with Crippen molar-refractivity contribution < 1.29 is 17.9 Å². The number of methoxy groups -OCH3 is 1. The van der Waals surface area contributed by atoms with Crippen LogP contribution in [-0.2, 0) is 12.6 Å². The molecule has 6 heteroatoms. The van der Waals surface area contributed by atoms with Crippen LogP contribution < -0.4 is 4.74 Å². The van der Waals surface area contributed by atoms with E-state index < -0.39 is 17.8 Å². The molecule has 0 spiro atoms. The van der Waals surface area contributed by atoms with Crippen LogP contribution in [-0.4, -0.2) is 12.8 Å². The van der Waals surface area contributed by atoms with Crippen molar-refractivity contribution in [3.05, 3.63) is 101 Å². The molecule has 3 aromatic rings. The van der Waals surface area contributed by atoms with Gasteiger partial charge in [-0.05, 0) is 30.2 Å². The van der Waals surface area contributed by atoms with E-state index >= 15 is 0 Å². The maximum atomic E-state index is 12.9. The zero-order valence-electron chi connectivity index (χ0n) is 16.2. The predicted octanol–water partition coefficient (Wildman–Crippen LogP) is 6.01. The summed E-state index contributed by atoms with van der Waals surface area (Å²) in [6.07, 6.45) is -3.93. The molecule has 1 atom stereocenters. The number of aliphatic imine (C=N–C) groups is 1. The first kappa shape index (κ1) is 21.1. The van der Waals surface area contributed by atoms with E-state index in [1.54, 1.807) is 7.11 Å². The molecule has 0 radical (unpaired) electrons. The van der Waals surface area contributed by atoms with E-state index in [2.05, 4.69) is 4.99 Å². The Kier molecular flexibility index (Phi) is 6.53. The average Bonchev–Trinajstić information content (AvgIpc) is 2.77. The molecule has 0 aliphatic carbocycles. The van der Waals surface area contributed by atoms with Crippen molar-refractivity contribution in [1.82, 2.24) is 0 Å². The Morgan fingerprint density at radius 3 is 2.20 bits per heavy atom. The zero-order chi connectivity index (χ0) is 21.6. The van der Waals surface area contributed by atoms with E-state index in [0.717, 1.165) is 23.3 Å². The van der Waals surface area contributed by atoms with Gasteiger partial charge in [-0.2, -0.15) is 18.4 Å². The van der Waals surface area contributed by atoms with Crippen LogP contribution in [0.5, 0.6) is 5.75 Å². The highest BCUT2D eigenvalue weighted by atomic mass is 19.4. The van der Waals surface area contributed by atoms with Gasteiger partial charge in [0.05, 0.1) is 18.7 Å². The van der Waals surface area contributed by atoms with Crippen molar-refractivity contribution in [3.63, 3.8) is 0 Å². The van der Waals surface area contributed by atoms with Crippen molar-refractivity contribution in [1.29, 1.82) is 5.26 Å². The fourth-order valence-electron chi connectivity index (χ4n) is 3.15. The number of benzene rings is 3. The minimum atomic E-state index is -4.43. The molecule has 0 N–H and O–H groups in total. The van der Waals surface area contributed by atoms with Crippen LogP contribution in [0.25, 0.3) is 0 Å². The summed E-state index contributed by atoms with van der Waals surface area (Å²) >= 11 is 0. The molecule has 0 aromatic heterocycles. The fourth-order valence-corrected chi connectivity index (χ4v) is 3.15. The number of rotatable bonds is 6. The van der Waals surface area contributed by atoms with Crippen molar-refractivity contribution >= 4 is 5.71 Å². The third kappa shape index (κ3) is 5.06. The number of nitrogens with zero attached hydrogens (tertiary/aromatic N) is 2. The van der Waals surface area contributed by atoms with E-state index in [9.17, 15) is 18.4 Å². The Balaban J connectivity index is 2.03. The fraction of sp³-hybridized carbons (Fsp3) is 0.167. The number of ether oxygens (including phenoxy) is 1. The molecule has 0 unspecified atom stereocenters. The molecular weight excluding hydrogens is 389 g/mol. The lowest BCUT2D eigenvalue weighted by molar-refractivity contribution is -0.137. The molecule has 3 aromatic carbocycles. The van der Waals surface area contributed by atoms with Crippen LogP contribution in [0.4, 0.5) is 13.2 Å². The van der Waals surface area contributed by atoms with Crippen LogP contribution >= 0.6 is 0 Å². The molecule has 0 saturated carbocycles. The van der Waals surface area contributed by atoms with Crippen molar-refractivity contribution in [2.45, 2.75) is 18.6 Å². The Morgan fingerprint density at radius 2 is 1.60 bits per heavy atom. The monoisotopic (exact) mass is 408 g/mol. The summed E-state index contributed by atoms with van der Waals surface area (Å²) < 4.78 is 44.0. The first-order valence-corrected chi connectivity index (χ1v) is 9.24. The molecule has 0 fully saturated rings. The highest BCUT2D eigenvalue weighted by Crippen LogP contribution is 2.32. The van der Waals surface area contributed by atoms with E-state index in [-0.39, 0.29) is 5.71 Å². The van der Waals surface area contributed by atoms with E-state index in [1.807, 2.05) is 60.7 Å². The summed E-state index contributed by atoms with van der Waals surface area (Å²) in [5.74, 6) is 0.631. The molecule has 0 saturated heterocycles. The number of alkyl halides is 3. The Morgan fingerprint density at radius 1 is 0.967 bits per heavy atom. The van der Waals surface area contributed by atoms with Crippen molar-refractivity contribution in [3.8, 4) is 11.8 Å². The van der Waals surface area contributed by atoms with Crippen LogP contribution in [0.15, 0.2) is 83.9 Å². The molecule has 3 rings (SSSR count). The minimum absolute atomic E-state index is 0.0653. The van der Waals surface area contributed by atoms with Crippen LogP contribution in [0, 0.1) is 11.3 Å². The zero-order valence-corrected chi connectivity index (χ0v) is 16.2. The molecule has 30 heavy (non-hydrogen) atoms. The molecule has 152 valence electrons. The molecular formula is C24H19F3N2O. The predicted molar refractivity (Wildman–Crippen MR) is 109 cm³/mol. The quantitative estimate of drug-likeness (QED) is 0.469. The van der Waals surface area contributed by atoms with Gasteiger partial charge in [0.25, 0.3) is 0 Å². The van der Waals surface area contributed by atoms with Gasteiger partial charge in [0.15, 0.2) is 0 Å². The standard InChI is InChI=1S/C24H19F3N2O/c1-30-23-10-6-5-9-20(23)21(15-17-7-3-2-4-8-17)29-22(16-28)18-11-13-19(14-12-18)24(25,26)27/h2-14,21H,15H2,1H3/b29-22+/t21-/m1/s1. The largest absolute Gasteiger partial charge is 0.496 e. The minimum Gasteiger partial charge on any atom is -0.496 e. The third-order valence-electron chi connectivity index (χ3n) is 4.65. The van der Waals surface area contributed by atoms with E-state index in [1.165, 1.54) is 12.1 Å². The molecule has 0 heterocycles. The van der Waals surface area contributed by atoms with Gasteiger partial charge in [-0.15, -0.1) is 0 Å². The van der Waals surface area contributed by atoms with Gasteiger partial charge in [-0.1, -0.05) is 60.7 Å². The summed E-state index contributed by atoms with van der Waals surface area (Å²) in [5, 5.41) is 9.66. The highest BCUT2D eigenvalue weighted by Gasteiger charge is 2.30. The van der Waals surface area contributed by atoms with Gasteiger partial charge in [-0.25, -0.2) is 0 Å². The summed E-state index contributed by atoms with van der Waals surface area (Å²) in [7, 11) is 1.56. The summed E-state index contributed by atoms with van der Waals surface area (Å²) in [4.78, 5) is 4.63. The van der Waals surface area contributed by atoms with Crippen LogP contribution in [0.1, 0.15) is 28.3 Å². The van der Waals surface area contributed by atoms with Gasteiger partial charge in [0.2, 0.25) is 0 Å². The lowest BCUT2D eigenvalue weighted by Gasteiger charge is -2.17. The lowest BCUT2D eigenvalue weighted by atomic mass is 9.97. The molecule has 0 amide bonds. The average molecular weight is 408 g/mol. The van der Waals surface area contributed by atoms with Gasteiger partial charge < -0.3 is 4.74 Å². The van der Waals surface area contributed by atoms with Gasteiger partial charge >= 0.3 is 6.18 Å². The SMILES string of the molecule is COc1ccccc1[C@@H](Cc1ccccc1)/N=C(\C#N)c1ccc(C(F)(F)F)cc1. The normalized spacial score (nSPS) is 12.8. The lowest BCUT2D eigenvalue weighted by Crippen LogP contribution is -2.09. The number of hydrogen-bond donors (Lipinski definition) is 0. The van der Waals surface area contributed by atoms with E-state index in [4.69, 9.17) is 4.74 Å². The highest BCUT2D eigenvalue weighted by molar-refractivity contribution is 6.11. The van der Waals surface area contributed by atoms with Crippen molar-refractivity contribution in [2.24, 2.45) is 4.99 Å². The second kappa shape index (κ2) is 9.27. The Bertz CT molecular complexity index is 1050. The number of nitriles is 1. The summed E-state index contributed by atoms with van der Waals surface area (Å²) in [6, 6.07) is 23.1. The van der Waals surface area contributed by atoms with Gasteiger partial charge in [0.1, 0.15) is 17.5 Å². The third-order valence-corrected chi connectivity index (χ3v) is 4.65. The second-order valence-electron chi connectivity index (χ2n) is 6.61.